The molecule has 0 saturated heterocycles. The maximum Gasteiger partial charge on any atom is 0.240 e. The van der Waals surface area contributed by atoms with Crippen LogP contribution >= 0.6 is 11.6 Å². The van der Waals surface area contributed by atoms with Crippen LogP contribution in [0.1, 0.15) is 24.0 Å². The van der Waals surface area contributed by atoms with Crippen molar-refractivity contribution in [1.29, 1.82) is 0 Å². The van der Waals surface area contributed by atoms with Gasteiger partial charge >= 0.3 is 0 Å². The SMILES string of the molecule is Cc1ccc(NC(=O)C2(C(=O)Nc3ccccc3Cl)CC2)cc1C. The lowest BCUT2D eigenvalue weighted by Gasteiger charge is -2.16. The first kappa shape index (κ1) is 16.5. The van der Waals surface area contributed by atoms with Gasteiger partial charge in [-0.1, -0.05) is 29.8 Å². The van der Waals surface area contributed by atoms with E-state index < -0.39 is 5.41 Å². The summed E-state index contributed by atoms with van der Waals surface area (Å²) < 4.78 is 0. The van der Waals surface area contributed by atoms with E-state index in [1.807, 2.05) is 32.0 Å². The molecule has 124 valence electrons. The summed E-state index contributed by atoms with van der Waals surface area (Å²) in [6, 6.07) is 12.7. The lowest BCUT2D eigenvalue weighted by molar-refractivity contribution is -0.131. The average molecular weight is 343 g/mol. The van der Waals surface area contributed by atoms with Crippen molar-refractivity contribution in [1.82, 2.24) is 0 Å². The summed E-state index contributed by atoms with van der Waals surface area (Å²) in [6.45, 7) is 4.00. The maximum absolute atomic E-state index is 12.6. The molecule has 0 atom stereocenters. The Kier molecular flexibility index (Phi) is 4.33. The van der Waals surface area contributed by atoms with Crippen LogP contribution < -0.4 is 10.6 Å². The summed E-state index contributed by atoms with van der Waals surface area (Å²) in [5.74, 6) is -0.577. The van der Waals surface area contributed by atoms with Crippen LogP contribution in [0.3, 0.4) is 0 Å². The van der Waals surface area contributed by atoms with Crippen molar-refractivity contribution in [3.8, 4) is 0 Å². The Hall–Kier alpha value is -2.33. The molecule has 1 aliphatic carbocycles. The second kappa shape index (κ2) is 6.29. The van der Waals surface area contributed by atoms with Crippen LogP contribution in [0.4, 0.5) is 11.4 Å². The molecule has 0 aliphatic heterocycles. The summed E-state index contributed by atoms with van der Waals surface area (Å²) in [5, 5.41) is 6.08. The predicted molar refractivity (Wildman–Crippen MR) is 96.3 cm³/mol. The first-order valence-corrected chi connectivity index (χ1v) is 8.25. The Balaban J connectivity index is 1.73. The third-order valence-electron chi connectivity index (χ3n) is 4.51. The largest absolute Gasteiger partial charge is 0.325 e. The predicted octanol–water partition coefficient (Wildman–Crippen LogP) is 4.31. The molecule has 0 spiro atoms. The molecule has 0 heterocycles. The van der Waals surface area contributed by atoms with Crippen LogP contribution in [-0.2, 0) is 9.59 Å². The van der Waals surface area contributed by atoms with Gasteiger partial charge in [0.1, 0.15) is 5.41 Å². The van der Waals surface area contributed by atoms with Gasteiger partial charge in [0.2, 0.25) is 11.8 Å². The van der Waals surface area contributed by atoms with Crippen LogP contribution in [0.25, 0.3) is 0 Å². The molecule has 0 aromatic heterocycles. The fourth-order valence-corrected chi connectivity index (χ4v) is 2.74. The van der Waals surface area contributed by atoms with Crippen LogP contribution in [0.2, 0.25) is 5.02 Å². The van der Waals surface area contributed by atoms with E-state index in [1.165, 1.54) is 0 Å². The number of anilines is 2. The number of halogens is 1. The highest BCUT2D eigenvalue weighted by Crippen LogP contribution is 2.47. The maximum atomic E-state index is 12.6. The number of para-hydroxylation sites is 1. The van der Waals surface area contributed by atoms with Gasteiger partial charge in [-0.3, -0.25) is 9.59 Å². The topological polar surface area (TPSA) is 58.2 Å². The van der Waals surface area contributed by atoms with Crippen molar-refractivity contribution >= 4 is 34.8 Å². The number of hydrogen-bond donors (Lipinski definition) is 2. The van der Waals surface area contributed by atoms with Gasteiger partial charge in [-0.25, -0.2) is 0 Å². The zero-order valence-corrected chi connectivity index (χ0v) is 14.4. The Morgan fingerprint density at radius 2 is 1.62 bits per heavy atom. The van der Waals surface area contributed by atoms with E-state index in [9.17, 15) is 9.59 Å². The fourth-order valence-electron chi connectivity index (χ4n) is 2.56. The van der Waals surface area contributed by atoms with E-state index in [1.54, 1.807) is 24.3 Å². The zero-order chi connectivity index (χ0) is 17.3. The van der Waals surface area contributed by atoms with Crippen LogP contribution in [-0.4, -0.2) is 11.8 Å². The molecule has 0 unspecified atom stereocenters. The second-order valence-corrected chi connectivity index (χ2v) is 6.68. The molecule has 2 aromatic rings. The quantitative estimate of drug-likeness (QED) is 0.813. The smallest absolute Gasteiger partial charge is 0.240 e. The summed E-state index contributed by atoms with van der Waals surface area (Å²) in [6.07, 6.45) is 1.08. The number of carbonyl (C=O) groups excluding carboxylic acids is 2. The molecule has 2 amide bonds. The molecule has 1 saturated carbocycles. The van der Waals surface area contributed by atoms with E-state index in [0.29, 0.717) is 29.2 Å². The Morgan fingerprint density at radius 1 is 0.958 bits per heavy atom. The third kappa shape index (κ3) is 3.15. The Bertz CT molecular complexity index is 813. The van der Waals surface area contributed by atoms with E-state index in [2.05, 4.69) is 10.6 Å². The summed E-state index contributed by atoms with van der Waals surface area (Å²) in [5.41, 5.74) is 2.48. The monoisotopic (exact) mass is 342 g/mol. The molecule has 0 radical (unpaired) electrons. The molecular weight excluding hydrogens is 324 g/mol. The van der Waals surface area contributed by atoms with Gasteiger partial charge in [-0.15, -0.1) is 0 Å². The molecule has 1 aliphatic rings. The fraction of sp³-hybridized carbons (Fsp3) is 0.263. The minimum atomic E-state index is -1.00. The molecule has 4 nitrogen and oxygen atoms in total. The average Bonchev–Trinajstić information content (AvgIpc) is 3.35. The number of amides is 2. The standard InChI is InChI=1S/C19H19ClN2O2/c1-12-7-8-14(11-13(12)2)21-17(23)19(9-10-19)18(24)22-16-6-4-3-5-15(16)20/h3-8,11H,9-10H2,1-2H3,(H,21,23)(H,22,24). The van der Waals surface area contributed by atoms with Crippen molar-refractivity contribution in [2.45, 2.75) is 26.7 Å². The first-order chi connectivity index (χ1) is 11.4. The molecular formula is C19H19ClN2O2. The van der Waals surface area contributed by atoms with Crippen LogP contribution in [0, 0.1) is 19.3 Å². The van der Waals surface area contributed by atoms with Crippen molar-refractivity contribution in [2.24, 2.45) is 5.41 Å². The lowest BCUT2D eigenvalue weighted by atomic mass is 10.0. The van der Waals surface area contributed by atoms with Crippen molar-refractivity contribution in [2.75, 3.05) is 10.6 Å². The minimum Gasteiger partial charge on any atom is -0.325 e. The lowest BCUT2D eigenvalue weighted by Crippen LogP contribution is -2.35. The molecule has 24 heavy (non-hydrogen) atoms. The molecule has 2 N–H and O–H groups in total. The summed E-state index contributed by atoms with van der Waals surface area (Å²) in [4.78, 5) is 25.2. The number of benzene rings is 2. The number of hydrogen-bond acceptors (Lipinski definition) is 2. The van der Waals surface area contributed by atoms with Crippen LogP contribution in [0.5, 0.6) is 0 Å². The number of nitrogens with one attached hydrogen (secondary N) is 2. The summed E-state index contributed by atoms with van der Waals surface area (Å²) >= 11 is 6.07. The van der Waals surface area contributed by atoms with Gasteiger partial charge in [-0.2, -0.15) is 0 Å². The van der Waals surface area contributed by atoms with E-state index >= 15 is 0 Å². The van der Waals surface area contributed by atoms with E-state index in [0.717, 1.165) is 11.1 Å². The first-order valence-electron chi connectivity index (χ1n) is 7.87. The van der Waals surface area contributed by atoms with Gasteiger partial charge in [0, 0.05) is 5.69 Å². The van der Waals surface area contributed by atoms with Crippen molar-refractivity contribution in [3.63, 3.8) is 0 Å². The van der Waals surface area contributed by atoms with Gasteiger partial charge in [-0.05, 0) is 62.1 Å². The zero-order valence-electron chi connectivity index (χ0n) is 13.7. The molecule has 5 heteroatoms. The molecule has 1 fully saturated rings. The number of carbonyl (C=O) groups is 2. The number of rotatable bonds is 4. The van der Waals surface area contributed by atoms with Crippen molar-refractivity contribution < 1.29 is 9.59 Å². The molecule has 2 aromatic carbocycles. The highest BCUT2D eigenvalue weighted by molar-refractivity contribution is 6.34. The van der Waals surface area contributed by atoms with Gasteiger partial charge < -0.3 is 10.6 Å². The Labute approximate surface area is 146 Å². The number of aryl methyl sites for hydroxylation is 2. The minimum absolute atomic E-state index is 0.268. The van der Waals surface area contributed by atoms with E-state index in [-0.39, 0.29) is 11.8 Å². The highest BCUT2D eigenvalue weighted by Gasteiger charge is 2.56. The van der Waals surface area contributed by atoms with Gasteiger partial charge in [0.15, 0.2) is 0 Å². The molecule has 3 rings (SSSR count). The summed E-state index contributed by atoms with van der Waals surface area (Å²) in [7, 11) is 0. The van der Waals surface area contributed by atoms with Crippen molar-refractivity contribution in [3.05, 3.63) is 58.6 Å². The molecule has 0 bridgehead atoms. The van der Waals surface area contributed by atoms with Crippen LogP contribution in [0.15, 0.2) is 42.5 Å². The van der Waals surface area contributed by atoms with E-state index in [4.69, 9.17) is 11.6 Å². The Morgan fingerprint density at radius 3 is 2.25 bits per heavy atom. The third-order valence-corrected chi connectivity index (χ3v) is 4.84. The van der Waals surface area contributed by atoms with Gasteiger partial charge in [0.25, 0.3) is 0 Å². The van der Waals surface area contributed by atoms with Gasteiger partial charge in [0.05, 0.1) is 10.7 Å². The normalized spacial score (nSPS) is 14.8. The highest BCUT2D eigenvalue weighted by atomic mass is 35.5. The second-order valence-electron chi connectivity index (χ2n) is 6.27.